The lowest BCUT2D eigenvalue weighted by Crippen LogP contribution is -2.19. The van der Waals surface area contributed by atoms with Crippen LogP contribution in [0.5, 0.6) is 5.75 Å². The van der Waals surface area contributed by atoms with Crippen molar-refractivity contribution in [3.63, 3.8) is 0 Å². The Bertz CT molecular complexity index is 365. The van der Waals surface area contributed by atoms with Crippen LogP contribution in [0.25, 0.3) is 0 Å². The Morgan fingerprint density at radius 2 is 1.89 bits per heavy atom. The summed E-state index contributed by atoms with van der Waals surface area (Å²) in [5.74, 6) is 2.12. The monoisotopic (exact) mass is 269 g/mol. The van der Waals surface area contributed by atoms with E-state index >= 15 is 0 Å². The van der Waals surface area contributed by atoms with Gasteiger partial charge in [0.1, 0.15) is 5.75 Å². The second kappa shape index (κ2) is 8.27. The molecule has 0 radical (unpaired) electrons. The lowest BCUT2D eigenvalue weighted by atomic mass is 10.1. The predicted octanol–water partition coefficient (Wildman–Crippen LogP) is 2.63. The van der Waals surface area contributed by atoms with E-state index in [2.05, 4.69) is 6.92 Å². The van der Waals surface area contributed by atoms with E-state index < -0.39 is 10.8 Å². The summed E-state index contributed by atoms with van der Waals surface area (Å²) in [6, 6.07) is 7.61. The number of ether oxygens (including phenoxy) is 1. The van der Waals surface area contributed by atoms with Crippen LogP contribution in [0.15, 0.2) is 24.3 Å². The summed E-state index contributed by atoms with van der Waals surface area (Å²) in [5.41, 5.74) is 7.06. The molecule has 0 aliphatic rings. The molecule has 0 aliphatic carbocycles. The van der Waals surface area contributed by atoms with Crippen molar-refractivity contribution >= 4 is 10.8 Å². The van der Waals surface area contributed by atoms with E-state index in [9.17, 15) is 4.21 Å². The predicted molar refractivity (Wildman–Crippen MR) is 77.3 cm³/mol. The first-order valence-corrected chi connectivity index (χ1v) is 7.99. The minimum Gasteiger partial charge on any atom is -0.494 e. The normalized spacial score (nSPS) is 14.2. The summed E-state index contributed by atoms with van der Waals surface area (Å²) in [6.07, 6.45) is 1.93. The molecule has 0 heterocycles. The molecule has 0 saturated carbocycles. The van der Waals surface area contributed by atoms with Crippen LogP contribution < -0.4 is 10.5 Å². The van der Waals surface area contributed by atoms with Crippen molar-refractivity contribution in [1.82, 2.24) is 0 Å². The summed E-state index contributed by atoms with van der Waals surface area (Å²) in [6.45, 7) is 4.84. The van der Waals surface area contributed by atoms with Gasteiger partial charge in [-0.1, -0.05) is 26.0 Å². The lowest BCUT2D eigenvalue weighted by molar-refractivity contribution is 0.317. The van der Waals surface area contributed by atoms with Crippen LogP contribution in [0.4, 0.5) is 0 Å². The maximum atomic E-state index is 11.6. The maximum Gasteiger partial charge on any atom is 0.119 e. The van der Waals surface area contributed by atoms with E-state index in [0.717, 1.165) is 36.5 Å². The smallest absolute Gasteiger partial charge is 0.119 e. The van der Waals surface area contributed by atoms with Crippen molar-refractivity contribution in [2.24, 2.45) is 5.73 Å². The zero-order valence-electron chi connectivity index (χ0n) is 11.2. The molecule has 2 unspecified atom stereocenters. The second-order valence-corrected chi connectivity index (χ2v) is 5.96. The third kappa shape index (κ3) is 5.19. The topological polar surface area (TPSA) is 52.3 Å². The third-order valence-corrected chi connectivity index (χ3v) is 4.17. The summed E-state index contributed by atoms with van der Waals surface area (Å²) in [5, 5.41) is 0. The van der Waals surface area contributed by atoms with Crippen LogP contribution >= 0.6 is 0 Å². The molecule has 0 aliphatic heterocycles. The van der Waals surface area contributed by atoms with Crippen LogP contribution in [0.2, 0.25) is 0 Å². The molecule has 1 aromatic carbocycles. The fourth-order valence-electron chi connectivity index (χ4n) is 1.64. The number of benzene rings is 1. The zero-order chi connectivity index (χ0) is 13.4. The molecule has 0 bridgehead atoms. The fraction of sp³-hybridized carbons (Fsp3) is 0.571. The molecule has 2 atom stereocenters. The van der Waals surface area contributed by atoms with E-state index in [-0.39, 0.29) is 6.04 Å². The number of nitrogens with two attached hydrogens (primary N) is 1. The molecule has 4 heteroatoms. The summed E-state index contributed by atoms with van der Waals surface area (Å²) >= 11 is 0. The minimum atomic E-state index is -0.817. The second-order valence-electron chi connectivity index (χ2n) is 4.33. The summed E-state index contributed by atoms with van der Waals surface area (Å²) in [7, 11) is -0.817. The van der Waals surface area contributed by atoms with E-state index in [4.69, 9.17) is 10.5 Å². The van der Waals surface area contributed by atoms with Gasteiger partial charge in [-0.05, 0) is 30.5 Å². The Hall–Kier alpha value is -0.870. The average molecular weight is 269 g/mol. The Labute approximate surface area is 112 Å². The number of hydrogen-bond acceptors (Lipinski definition) is 3. The van der Waals surface area contributed by atoms with Gasteiger partial charge in [-0.15, -0.1) is 0 Å². The van der Waals surface area contributed by atoms with E-state index in [1.165, 1.54) is 0 Å². The third-order valence-electron chi connectivity index (χ3n) is 2.58. The zero-order valence-corrected chi connectivity index (χ0v) is 12.0. The molecule has 0 amide bonds. The van der Waals surface area contributed by atoms with Crippen molar-refractivity contribution in [2.75, 3.05) is 18.1 Å². The molecule has 2 N–H and O–H groups in total. The molecule has 0 fully saturated rings. The van der Waals surface area contributed by atoms with Gasteiger partial charge in [0, 0.05) is 28.3 Å². The first kappa shape index (κ1) is 15.2. The Balaban J connectivity index is 2.53. The van der Waals surface area contributed by atoms with Gasteiger partial charge >= 0.3 is 0 Å². The van der Waals surface area contributed by atoms with Gasteiger partial charge in [0.25, 0.3) is 0 Å². The van der Waals surface area contributed by atoms with E-state index in [0.29, 0.717) is 5.75 Å². The SMILES string of the molecule is CCCOc1ccc(C(N)CS(=O)CCC)cc1. The largest absolute Gasteiger partial charge is 0.494 e. The Kier molecular flexibility index (Phi) is 6.98. The van der Waals surface area contributed by atoms with Crippen molar-refractivity contribution in [3.8, 4) is 5.75 Å². The molecule has 1 aromatic rings. The van der Waals surface area contributed by atoms with Gasteiger partial charge in [0.05, 0.1) is 6.61 Å². The van der Waals surface area contributed by atoms with Crippen molar-refractivity contribution < 1.29 is 8.95 Å². The summed E-state index contributed by atoms with van der Waals surface area (Å²) < 4.78 is 17.2. The molecule has 0 saturated heterocycles. The van der Waals surface area contributed by atoms with Crippen molar-refractivity contribution in [1.29, 1.82) is 0 Å². The highest BCUT2D eigenvalue weighted by Gasteiger charge is 2.10. The first-order chi connectivity index (χ1) is 8.67. The maximum absolute atomic E-state index is 11.6. The molecular weight excluding hydrogens is 246 g/mol. The number of rotatable bonds is 8. The van der Waals surface area contributed by atoms with Crippen LogP contribution in [0.3, 0.4) is 0 Å². The lowest BCUT2D eigenvalue weighted by Gasteiger charge is -2.12. The highest BCUT2D eigenvalue weighted by atomic mass is 32.2. The molecule has 3 nitrogen and oxygen atoms in total. The minimum absolute atomic E-state index is 0.155. The standard InChI is InChI=1S/C14H23NO2S/c1-3-9-17-13-7-5-12(6-8-13)14(15)11-18(16)10-4-2/h5-8,14H,3-4,9-11,15H2,1-2H3. The van der Waals surface area contributed by atoms with E-state index in [1.54, 1.807) is 0 Å². The Morgan fingerprint density at radius 3 is 2.44 bits per heavy atom. The van der Waals surface area contributed by atoms with Crippen molar-refractivity contribution in [2.45, 2.75) is 32.7 Å². The molecule has 1 rings (SSSR count). The molecule has 102 valence electrons. The van der Waals surface area contributed by atoms with Gasteiger partial charge in [0.15, 0.2) is 0 Å². The average Bonchev–Trinajstić information content (AvgIpc) is 2.37. The van der Waals surface area contributed by atoms with Crippen molar-refractivity contribution in [3.05, 3.63) is 29.8 Å². The van der Waals surface area contributed by atoms with Crippen LogP contribution in [0, 0.1) is 0 Å². The van der Waals surface area contributed by atoms with Crippen LogP contribution in [0.1, 0.15) is 38.3 Å². The highest BCUT2D eigenvalue weighted by molar-refractivity contribution is 7.85. The van der Waals surface area contributed by atoms with Gasteiger partial charge in [-0.25, -0.2) is 0 Å². The number of hydrogen-bond donors (Lipinski definition) is 1. The molecule has 18 heavy (non-hydrogen) atoms. The quantitative estimate of drug-likeness (QED) is 0.789. The summed E-state index contributed by atoms with van der Waals surface area (Å²) in [4.78, 5) is 0. The first-order valence-electron chi connectivity index (χ1n) is 6.50. The molecule has 0 spiro atoms. The van der Waals surface area contributed by atoms with E-state index in [1.807, 2.05) is 31.2 Å². The van der Waals surface area contributed by atoms with Crippen LogP contribution in [-0.4, -0.2) is 22.3 Å². The van der Waals surface area contributed by atoms with Gasteiger partial charge in [0.2, 0.25) is 0 Å². The Morgan fingerprint density at radius 1 is 1.22 bits per heavy atom. The highest BCUT2D eigenvalue weighted by Crippen LogP contribution is 2.17. The van der Waals surface area contributed by atoms with Gasteiger partial charge in [-0.2, -0.15) is 0 Å². The van der Waals surface area contributed by atoms with Crippen LogP contribution in [-0.2, 0) is 10.8 Å². The van der Waals surface area contributed by atoms with Gasteiger partial charge in [-0.3, -0.25) is 4.21 Å². The molecular formula is C14H23NO2S. The molecule has 0 aromatic heterocycles. The van der Waals surface area contributed by atoms with Gasteiger partial charge < -0.3 is 10.5 Å². The fourth-order valence-corrected chi connectivity index (χ4v) is 2.85.